The Kier molecular flexibility index (Phi) is 3.98. The maximum atomic E-state index is 12.1. The summed E-state index contributed by atoms with van der Waals surface area (Å²) in [6.07, 6.45) is 2.88. The SMILES string of the molecule is C[C@@H](O)[C@H]1C(=O)N2C(C(=O)O)=C(CC3CCCCO3)S[C@H]12. The van der Waals surface area contributed by atoms with Crippen molar-refractivity contribution in [2.75, 3.05) is 6.61 Å². The maximum absolute atomic E-state index is 12.1. The van der Waals surface area contributed by atoms with Crippen molar-refractivity contribution in [2.24, 2.45) is 5.92 Å². The molecule has 2 N–H and O–H groups in total. The first-order valence-corrected chi connectivity index (χ1v) is 8.14. The number of carbonyl (C=O) groups is 2. The molecule has 3 heterocycles. The van der Waals surface area contributed by atoms with Crippen molar-refractivity contribution in [3.8, 4) is 0 Å². The molecule has 6 nitrogen and oxygen atoms in total. The minimum absolute atomic E-state index is 0.0365. The largest absolute Gasteiger partial charge is 0.477 e. The number of β-lactam (4-membered cyclic amide) rings is 1. The fourth-order valence-corrected chi connectivity index (χ4v) is 4.85. The topological polar surface area (TPSA) is 87.1 Å². The first kappa shape index (κ1) is 14.9. The number of amides is 1. The van der Waals surface area contributed by atoms with Gasteiger partial charge in [0.25, 0.3) is 0 Å². The van der Waals surface area contributed by atoms with Crippen LogP contribution in [0.1, 0.15) is 32.6 Å². The third-order valence-electron chi connectivity index (χ3n) is 4.26. The van der Waals surface area contributed by atoms with Gasteiger partial charge >= 0.3 is 5.97 Å². The number of aliphatic hydroxyl groups excluding tert-OH is 1. The van der Waals surface area contributed by atoms with Gasteiger partial charge in [0, 0.05) is 17.9 Å². The molecule has 7 heteroatoms. The molecule has 2 saturated heterocycles. The summed E-state index contributed by atoms with van der Waals surface area (Å²) in [5.41, 5.74) is 0.0843. The summed E-state index contributed by atoms with van der Waals surface area (Å²) in [7, 11) is 0. The Morgan fingerprint density at radius 1 is 1.52 bits per heavy atom. The summed E-state index contributed by atoms with van der Waals surface area (Å²) in [5, 5.41) is 18.8. The van der Waals surface area contributed by atoms with Gasteiger partial charge in [-0.1, -0.05) is 0 Å². The molecule has 3 aliphatic rings. The van der Waals surface area contributed by atoms with Crippen LogP contribution in [-0.4, -0.2) is 51.2 Å². The maximum Gasteiger partial charge on any atom is 0.353 e. The highest BCUT2D eigenvalue weighted by molar-refractivity contribution is 8.04. The Bertz CT molecular complexity index is 498. The van der Waals surface area contributed by atoms with E-state index in [0.717, 1.165) is 19.3 Å². The molecule has 21 heavy (non-hydrogen) atoms. The molecule has 3 rings (SSSR count). The number of carboxylic acids is 1. The lowest BCUT2D eigenvalue weighted by Crippen LogP contribution is -2.60. The molecule has 3 aliphatic heterocycles. The highest BCUT2D eigenvalue weighted by Crippen LogP contribution is 2.51. The van der Waals surface area contributed by atoms with Gasteiger partial charge in [-0.15, -0.1) is 11.8 Å². The molecule has 0 saturated carbocycles. The first-order chi connectivity index (χ1) is 10.0. The van der Waals surface area contributed by atoms with E-state index in [1.807, 2.05) is 0 Å². The van der Waals surface area contributed by atoms with Crippen LogP contribution in [0.5, 0.6) is 0 Å². The molecule has 0 bridgehead atoms. The molecule has 0 spiro atoms. The summed E-state index contributed by atoms with van der Waals surface area (Å²) in [5.74, 6) is -1.87. The van der Waals surface area contributed by atoms with Gasteiger partial charge in [-0.2, -0.15) is 0 Å². The predicted octanol–water partition coefficient (Wildman–Crippen LogP) is 1.15. The van der Waals surface area contributed by atoms with E-state index < -0.39 is 18.0 Å². The Hall–Kier alpha value is -1.05. The fourth-order valence-electron chi connectivity index (χ4n) is 3.17. The third kappa shape index (κ3) is 2.47. The number of hydrogen-bond acceptors (Lipinski definition) is 5. The van der Waals surface area contributed by atoms with Crippen LogP contribution < -0.4 is 0 Å². The number of aliphatic hydroxyl groups is 1. The molecule has 116 valence electrons. The highest BCUT2D eigenvalue weighted by atomic mass is 32.2. The standard InChI is InChI=1S/C14H19NO5S/c1-7(16)10-12(17)15-11(14(18)19)9(21-13(10)15)6-8-4-2-3-5-20-8/h7-8,10,13,16H,2-6H2,1H3,(H,18,19)/t7-,8?,10+,13-/m1/s1. The van der Waals surface area contributed by atoms with E-state index in [-0.39, 0.29) is 23.1 Å². The summed E-state index contributed by atoms with van der Waals surface area (Å²) in [6.45, 7) is 2.29. The number of fused-ring (bicyclic) bond motifs is 1. The number of thioether (sulfide) groups is 1. The average Bonchev–Trinajstić information content (AvgIpc) is 2.74. The second kappa shape index (κ2) is 5.62. The molecule has 1 amide bonds. The smallest absolute Gasteiger partial charge is 0.353 e. The molecule has 0 aliphatic carbocycles. The van der Waals surface area contributed by atoms with Crippen molar-refractivity contribution in [1.29, 1.82) is 0 Å². The van der Waals surface area contributed by atoms with Gasteiger partial charge in [-0.3, -0.25) is 9.69 Å². The Balaban J connectivity index is 1.79. The van der Waals surface area contributed by atoms with Gasteiger partial charge in [-0.25, -0.2) is 4.79 Å². The lowest BCUT2D eigenvalue weighted by Gasteiger charge is -2.43. The van der Waals surface area contributed by atoms with Crippen LogP contribution in [-0.2, 0) is 14.3 Å². The second-order valence-electron chi connectivity index (χ2n) is 5.75. The van der Waals surface area contributed by atoms with E-state index in [1.54, 1.807) is 6.92 Å². The average molecular weight is 313 g/mol. The van der Waals surface area contributed by atoms with Crippen LogP contribution in [0.4, 0.5) is 0 Å². The molecular formula is C14H19NO5S. The van der Waals surface area contributed by atoms with Crippen LogP contribution in [0.2, 0.25) is 0 Å². The van der Waals surface area contributed by atoms with Crippen LogP contribution in [0.3, 0.4) is 0 Å². The molecule has 0 aromatic carbocycles. The summed E-state index contributed by atoms with van der Waals surface area (Å²) >= 11 is 1.39. The second-order valence-corrected chi connectivity index (χ2v) is 6.96. The van der Waals surface area contributed by atoms with Gasteiger partial charge in [0.1, 0.15) is 11.1 Å². The predicted molar refractivity (Wildman–Crippen MR) is 76.3 cm³/mol. The molecule has 1 unspecified atom stereocenters. The summed E-state index contributed by atoms with van der Waals surface area (Å²) in [4.78, 5) is 25.6. The highest BCUT2D eigenvalue weighted by Gasteiger charge is 2.57. The Labute approximate surface area is 127 Å². The number of carboxylic acid groups (broad SMARTS) is 1. The first-order valence-electron chi connectivity index (χ1n) is 7.26. The number of nitrogens with zero attached hydrogens (tertiary/aromatic N) is 1. The van der Waals surface area contributed by atoms with Gasteiger partial charge < -0.3 is 14.9 Å². The van der Waals surface area contributed by atoms with E-state index in [4.69, 9.17) is 4.74 Å². The van der Waals surface area contributed by atoms with E-state index >= 15 is 0 Å². The van der Waals surface area contributed by atoms with Gasteiger partial charge in [-0.05, 0) is 26.2 Å². The zero-order chi connectivity index (χ0) is 15.1. The monoisotopic (exact) mass is 313 g/mol. The van der Waals surface area contributed by atoms with E-state index in [9.17, 15) is 19.8 Å². The fraction of sp³-hybridized carbons (Fsp3) is 0.714. The normalized spacial score (nSPS) is 33.7. The Morgan fingerprint density at radius 2 is 2.29 bits per heavy atom. The number of hydrogen-bond donors (Lipinski definition) is 2. The van der Waals surface area contributed by atoms with Gasteiger partial charge in [0.05, 0.1) is 18.1 Å². The molecule has 0 radical (unpaired) electrons. The van der Waals surface area contributed by atoms with Crippen LogP contribution in [0.15, 0.2) is 10.6 Å². The van der Waals surface area contributed by atoms with Crippen LogP contribution >= 0.6 is 11.8 Å². The molecule has 0 aromatic heterocycles. The lowest BCUT2D eigenvalue weighted by atomic mass is 9.92. The number of ether oxygens (including phenoxy) is 1. The number of carbonyl (C=O) groups excluding carboxylic acids is 1. The van der Waals surface area contributed by atoms with Gasteiger partial charge in [0.15, 0.2) is 0 Å². The van der Waals surface area contributed by atoms with E-state index in [1.165, 1.54) is 16.7 Å². The summed E-state index contributed by atoms with van der Waals surface area (Å²) < 4.78 is 5.67. The van der Waals surface area contributed by atoms with Crippen LogP contribution in [0.25, 0.3) is 0 Å². The molecule has 4 atom stereocenters. The van der Waals surface area contributed by atoms with Crippen molar-refractivity contribution in [3.63, 3.8) is 0 Å². The van der Waals surface area contributed by atoms with Crippen LogP contribution in [0, 0.1) is 5.92 Å². The minimum Gasteiger partial charge on any atom is -0.477 e. The van der Waals surface area contributed by atoms with E-state index in [0.29, 0.717) is 17.9 Å². The van der Waals surface area contributed by atoms with Gasteiger partial charge in [0.2, 0.25) is 5.91 Å². The molecule has 0 aromatic rings. The van der Waals surface area contributed by atoms with Crippen molar-refractivity contribution in [2.45, 2.75) is 50.2 Å². The Morgan fingerprint density at radius 3 is 2.86 bits per heavy atom. The zero-order valence-electron chi connectivity index (χ0n) is 11.8. The minimum atomic E-state index is -1.08. The number of aliphatic carboxylic acids is 1. The quantitative estimate of drug-likeness (QED) is 0.757. The lowest BCUT2D eigenvalue weighted by molar-refractivity contribution is -0.156. The van der Waals surface area contributed by atoms with E-state index in [2.05, 4.69) is 0 Å². The number of rotatable bonds is 4. The molecular weight excluding hydrogens is 294 g/mol. The molecule has 2 fully saturated rings. The van der Waals surface area contributed by atoms with Crippen molar-refractivity contribution < 1.29 is 24.5 Å². The van der Waals surface area contributed by atoms with Crippen molar-refractivity contribution in [1.82, 2.24) is 4.90 Å². The third-order valence-corrected chi connectivity index (χ3v) is 5.65. The van der Waals surface area contributed by atoms with Crippen molar-refractivity contribution >= 4 is 23.6 Å². The summed E-state index contributed by atoms with van der Waals surface area (Å²) in [6, 6.07) is 0. The van der Waals surface area contributed by atoms with Crippen molar-refractivity contribution in [3.05, 3.63) is 10.6 Å². The zero-order valence-corrected chi connectivity index (χ0v) is 12.6.